The van der Waals surface area contributed by atoms with Gasteiger partial charge in [-0.2, -0.15) is 9.62 Å². The van der Waals surface area contributed by atoms with Crippen molar-refractivity contribution in [3.63, 3.8) is 0 Å². The van der Waals surface area contributed by atoms with E-state index in [0.29, 0.717) is 0 Å². The minimum Gasteiger partial charge on any atom is -0.251 e. The molecular weight excluding hydrogens is 172 g/mol. The number of nitrogens with two attached hydrogens (primary N) is 1. The Balaban J connectivity index is 2.64. The van der Waals surface area contributed by atoms with Gasteiger partial charge in [-0.15, -0.1) is 5.53 Å². The van der Waals surface area contributed by atoms with Crippen LogP contribution in [0, 0.1) is 5.41 Å². The maximum absolute atomic E-state index is 5.17. The number of allylic oxidation sites excluding steroid dienone is 1. The third kappa shape index (κ3) is 2.23. The Morgan fingerprint density at radius 1 is 1.58 bits per heavy atom. The maximum Gasteiger partial charge on any atom is 0.0540 e. The van der Waals surface area contributed by atoms with E-state index in [-0.39, 0.29) is 5.41 Å². The molecule has 0 unspecified atom stereocenters. The highest BCUT2D eigenvalue weighted by Gasteiger charge is 2.18. The molecule has 1 aliphatic heterocycles. The van der Waals surface area contributed by atoms with Crippen molar-refractivity contribution >= 4 is 18.2 Å². The molecule has 1 aliphatic rings. The summed E-state index contributed by atoms with van der Waals surface area (Å²) in [4.78, 5) is 0. The topological polar surface area (TPSA) is 53.6 Å². The Morgan fingerprint density at radius 2 is 2.25 bits per heavy atom. The van der Waals surface area contributed by atoms with Crippen LogP contribution in [0.4, 0.5) is 0 Å². The van der Waals surface area contributed by atoms with E-state index in [4.69, 9.17) is 5.84 Å². The fraction of sp³-hybridized carbons (Fsp3) is 0.571. The van der Waals surface area contributed by atoms with Crippen LogP contribution in [0.3, 0.4) is 0 Å². The van der Waals surface area contributed by atoms with Crippen LogP contribution in [0.1, 0.15) is 20.8 Å². The van der Waals surface area contributed by atoms with Gasteiger partial charge in [-0.3, -0.25) is 5.84 Å². The van der Waals surface area contributed by atoms with Crippen LogP contribution in [0.5, 0.6) is 0 Å². The minimum absolute atomic E-state index is 0.150. The van der Waals surface area contributed by atoms with Crippen molar-refractivity contribution in [3.05, 3.63) is 11.0 Å². The molecule has 0 spiro atoms. The van der Waals surface area contributed by atoms with E-state index in [2.05, 4.69) is 31.4 Å². The zero-order chi connectivity index (χ0) is 9.19. The number of hydrazine groups is 2. The SMILES string of the molecule is CC(C)(C)C1=CSN(NN)N=C1. The summed E-state index contributed by atoms with van der Waals surface area (Å²) < 4.78 is 1.50. The lowest BCUT2D eigenvalue weighted by atomic mass is 9.88. The number of hydrazone groups is 1. The van der Waals surface area contributed by atoms with Crippen LogP contribution in [0.25, 0.3) is 0 Å². The molecule has 4 nitrogen and oxygen atoms in total. The molecular formula is C7H14N4S. The Hall–Kier alpha value is -0.520. The summed E-state index contributed by atoms with van der Waals surface area (Å²) in [6.45, 7) is 6.45. The largest absolute Gasteiger partial charge is 0.251 e. The quantitative estimate of drug-likeness (QED) is 0.367. The molecule has 0 radical (unpaired) electrons. The molecule has 0 fully saturated rings. The van der Waals surface area contributed by atoms with Gasteiger partial charge in [0, 0.05) is 17.4 Å². The van der Waals surface area contributed by atoms with Crippen molar-refractivity contribution in [1.82, 2.24) is 10.1 Å². The van der Waals surface area contributed by atoms with Crippen molar-refractivity contribution in [2.75, 3.05) is 0 Å². The lowest BCUT2D eigenvalue weighted by Gasteiger charge is -2.24. The van der Waals surface area contributed by atoms with Crippen LogP contribution in [-0.4, -0.2) is 10.7 Å². The second-order valence-electron chi connectivity index (χ2n) is 3.58. The molecule has 0 bridgehead atoms. The highest BCUT2D eigenvalue weighted by molar-refractivity contribution is 7.99. The third-order valence-corrected chi connectivity index (χ3v) is 2.32. The molecule has 68 valence electrons. The predicted octanol–water partition coefficient (Wildman–Crippen LogP) is 1.24. The molecule has 3 N–H and O–H groups in total. The van der Waals surface area contributed by atoms with Crippen molar-refractivity contribution in [3.8, 4) is 0 Å². The summed E-state index contributed by atoms with van der Waals surface area (Å²) in [6, 6.07) is 0. The lowest BCUT2D eigenvalue weighted by Crippen LogP contribution is -2.35. The van der Waals surface area contributed by atoms with Crippen LogP contribution >= 0.6 is 11.9 Å². The Bertz CT molecular complexity index is 216. The van der Waals surface area contributed by atoms with E-state index >= 15 is 0 Å². The lowest BCUT2D eigenvalue weighted by molar-refractivity contribution is 0.379. The van der Waals surface area contributed by atoms with Crippen molar-refractivity contribution in [2.45, 2.75) is 20.8 Å². The summed E-state index contributed by atoms with van der Waals surface area (Å²) in [6.07, 6.45) is 1.82. The average molecular weight is 186 g/mol. The summed E-state index contributed by atoms with van der Waals surface area (Å²) in [5.41, 5.74) is 3.79. The molecule has 0 saturated heterocycles. The number of hydrogen-bond acceptors (Lipinski definition) is 5. The van der Waals surface area contributed by atoms with Crippen LogP contribution in [0.15, 0.2) is 16.1 Å². The van der Waals surface area contributed by atoms with Crippen LogP contribution < -0.4 is 11.4 Å². The van der Waals surface area contributed by atoms with Gasteiger partial charge in [0.2, 0.25) is 0 Å². The molecule has 5 heteroatoms. The maximum atomic E-state index is 5.17. The Kier molecular flexibility index (Phi) is 2.76. The highest BCUT2D eigenvalue weighted by atomic mass is 32.2. The van der Waals surface area contributed by atoms with E-state index in [1.165, 1.54) is 22.0 Å². The van der Waals surface area contributed by atoms with Crippen LogP contribution in [-0.2, 0) is 0 Å². The molecule has 0 amide bonds. The molecule has 1 rings (SSSR count). The van der Waals surface area contributed by atoms with Crippen molar-refractivity contribution in [2.24, 2.45) is 16.4 Å². The Morgan fingerprint density at radius 3 is 2.58 bits per heavy atom. The van der Waals surface area contributed by atoms with Gasteiger partial charge >= 0.3 is 0 Å². The standard InChI is InChI=1S/C7H14N4S/c1-7(2,3)6-4-9-11(10-8)12-5-6/h4-5,10H,8H2,1-3H3. The van der Waals surface area contributed by atoms with Gasteiger partial charge in [0.15, 0.2) is 0 Å². The number of rotatable bonds is 1. The second kappa shape index (κ2) is 3.47. The van der Waals surface area contributed by atoms with E-state index in [9.17, 15) is 0 Å². The zero-order valence-electron chi connectivity index (χ0n) is 7.53. The van der Waals surface area contributed by atoms with Gasteiger partial charge in [-0.1, -0.05) is 20.8 Å². The molecule has 0 saturated carbocycles. The molecule has 0 aromatic rings. The summed E-state index contributed by atoms with van der Waals surface area (Å²) in [5.74, 6) is 5.17. The van der Waals surface area contributed by atoms with E-state index in [1.54, 1.807) is 0 Å². The summed E-state index contributed by atoms with van der Waals surface area (Å²) >= 11 is 1.44. The van der Waals surface area contributed by atoms with E-state index in [0.717, 1.165) is 0 Å². The molecule has 0 aromatic carbocycles. The average Bonchev–Trinajstić information content (AvgIpc) is 2.03. The normalized spacial score (nSPS) is 18.0. The van der Waals surface area contributed by atoms with Gasteiger partial charge in [-0.05, 0) is 11.0 Å². The fourth-order valence-electron chi connectivity index (χ4n) is 0.713. The summed E-state index contributed by atoms with van der Waals surface area (Å²) in [7, 11) is 0. The first-order valence-corrected chi connectivity index (χ1v) is 4.55. The van der Waals surface area contributed by atoms with Gasteiger partial charge < -0.3 is 0 Å². The Labute approximate surface area is 76.9 Å². The molecule has 12 heavy (non-hydrogen) atoms. The van der Waals surface area contributed by atoms with Crippen molar-refractivity contribution < 1.29 is 0 Å². The third-order valence-electron chi connectivity index (χ3n) is 1.56. The molecule has 1 heterocycles. The number of nitrogens with one attached hydrogen (secondary N) is 1. The fourth-order valence-corrected chi connectivity index (χ4v) is 1.50. The molecule has 0 atom stereocenters. The predicted molar refractivity (Wildman–Crippen MR) is 52.8 cm³/mol. The monoisotopic (exact) mass is 186 g/mol. The molecule has 0 aliphatic carbocycles. The van der Waals surface area contributed by atoms with E-state index in [1.807, 2.05) is 11.6 Å². The van der Waals surface area contributed by atoms with Gasteiger partial charge in [0.1, 0.15) is 0 Å². The molecule has 0 aromatic heterocycles. The first-order valence-electron chi connectivity index (χ1n) is 3.72. The summed E-state index contributed by atoms with van der Waals surface area (Å²) in [5, 5.41) is 6.10. The van der Waals surface area contributed by atoms with Gasteiger partial charge in [0.25, 0.3) is 0 Å². The zero-order valence-corrected chi connectivity index (χ0v) is 8.35. The van der Waals surface area contributed by atoms with E-state index < -0.39 is 0 Å². The second-order valence-corrected chi connectivity index (χ2v) is 4.37. The first kappa shape index (κ1) is 9.57. The van der Waals surface area contributed by atoms with Gasteiger partial charge in [0.05, 0.1) is 6.21 Å². The van der Waals surface area contributed by atoms with Gasteiger partial charge in [-0.25, -0.2) is 0 Å². The van der Waals surface area contributed by atoms with Crippen molar-refractivity contribution in [1.29, 1.82) is 0 Å². The van der Waals surface area contributed by atoms with Crippen LogP contribution in [0.2, 0.25) is 0 Å². The number of nitrogens with zero attached hydrogens (tertiary/aromatic N) is 2. The minimum atomic E-state index is 0.150. The number of hydrogen-bond donors (Lipinski definition) is 2. The smallest absolute Gasteiger partial charge is 0.0540 e. The highest BCUT2D eigenvalue weighted by Crippen LogP contribution is 2.29. The first-order chi connectivity index (χ1) is 5.54.